The number of rotatable bonds is 7. The molecule has 2 unspecified atom stereocenters. The molecule has 0 saturated carbocycles. The van der Waals surface area contributed by atoms with Crippen LogP contribution in [0.3, 0.4) is 0 Å². The van der Waals surface area contributed by atoms with Crippen LogP contribution < -0.4 is 11.3 Å². The Morgan fingerprint density at radius 2 is 2.16 bits per heavy atom. The Bertz CT molecular complexity index is 416. The van der Waals surface area contributed by atoms with Gasteiger partial charge in [0.05, 0.1) is 11.6 Å². The molecule has 0 spiro atoms. The predicted octanol–water partition coefficient (Wildman–Crippen LogP) is 3.17. The van der Waals surface area contributed by atoms with Crippen molar-refractivity contribution in [1.82, 2.24) is 5.43 Å². The van der Waals surface area contributed by atoms with Crippen molar-refractivity contribution in [3.05, 3.63) is 34.1 Å². The third-order valence-corrected chi connectivity index (χ3v) is 4.32. The third-order valence-electron chi connectivity index (χ3n) is 3.55. The maximum atomic E-state index is 13.3. The van der Waals surface area contributed by atoms with Crippen LogP contribution in [0.1, 0.15) is 32.8 Å². The molecule has 0 aliphatic carbocycles. The average Bonchev–Trinajstić information content (AvgIpc) is 2.39. The fourth-order valence-corrected chi connectivity index (χ4v) is 2.56. The summed E-state index contributed by atoms with van der Waals surface area (Å²) in [5.74, 6) is 5.41. The molecule has 0 saturated heterocycles. The molecule has 3 N–H and O–H groups in total. The summed E-state index contributed by atoms with van der Waals surface area (Å²) in [6.07, 6.45) is 1.42. The summed E-state index contributed by atoms with van der Waals surface area (Å²) in [7, 11) is 0. The van der Waals surface area contributed by atoms with Crippen molar-refractivity contribution in [1.29, 1.82) is 0 Å². The molecule has 1 aromatic rings. The first kappa shape index (κ1) is 16.6. The number of hydrazine groups is 1. The van der Waals surface area contributed by atoms with E-state index in [2.05, 4.69) is 28.3 Å². The highest BCUT2D eigenvalue weighted by Gasteiger charge is 2.33. The number of hydrogen-bond donors (Lipinski definition) is 2. The summed E-state index contributed by atoms with van der Waals surface area (Å²) >= 11 is 3.44. The summed E-state index contributed by atoms with van der Waals surface area (Å²) in [6, 6.07) is 4.58. The fourth-order valence-electron chi connectivity index (χ4n) is 2.15. The molecule has 0 aromatic heterocycles. The molecule has 3 nitrogen and oxygen atoms in total. The van der Waals surface area contributed by atoms with E-state index in [1.807, 2.05) is 13.8 Å². The average molecular weight is 333 g/mol. The molecule has 0 radical (unpaired) electrons. The molecular weight excluding hydrogens is 311 g/mol. The van der Waals surface area contributed by atoms with Gasteiger partial charge < -0.3 is 4.74 Å². The lowest BCUT2D eigenvalue weighted by molar-refractivity contribution is -0.0551. The van der Waals surface area contributed by atoms with Gasteiger partial charge in [0.15, 0.2) is 0 Å². The van der Waals surface area contributed by atoms with Gasteiger partial charge in [-0.05, 0) is 50.5 Å². The number of halogens is 2. The van der Waals surface area contributed by atoms with Gasteiger partial charge >= 0.3 is 0 Å². The lowest BCUT2D eigenvalue weighted by Crippen LogP contribution is -2.54. The topological polar surface area (TPSA) is 47.3 Å². The van der Waals surface area contributed by atoms with Gasteiger partial charge in [-0.15, -0.1) is 0 Å². The van der Waals surface area contributed by atoms with Crippen molar-refractivity contribution in [2.24, 2.45) is 5.84 Å². The molecule has 2 atom stereocenters. The zero-order valence-corrected chi connectivity index (χ0v) is 13.3. The highest BCUT2D eigenvalue weighted by atomic mass is 79.9. The monoisotopic (exact) mass is 332 g/mol. The zero-order chi connectivity index (χ0) is 14.5. The van der Waals surface area contributed by atoms with Gasteiger partial charge in [-0.3, -0.25) is 11.3 Å². The Hall–Kier alpha value is -0.490. The lowest BCUT2D eigenvalue weighted by atomic mass is 9.88. The van der Waals surface area contributed by atoms with Gasteiger partial charge in [-0.1, -0.05) is 22.9 Å². The molecule has 0 fully saturated rings. The molecule has 19 heavy (non-hydrogen) atoms. The Balaban J connectivity index is 2.95. The van der Waals surface area contributed by atoms with Crippen LogP contribution in [0.5, 0.6) is 0 Å². The van der Waals surface area contributed by atoms with Crippen LogP contribution in [-0.4, -0.2) is 18.2 Å². The Morgan fingerprint density at radius 3 is 2.68 bits per heavy atom. The van der Waals surface area contributed by atoms with E-state index in [-0.39, 0.29) is 17.5 Å². The number of nitrogens with two attached hydrogens (primary N) is 1. The summed E-state index contributed by atoms with van der Waals surface area (Å²) in [4.78, 5) is 0. The Labute approximate surface area is 122 Å². The van der Waals surface area contributed by atoms with Gasteiger partial charge in [-0.25, -0.2) is 4.39 Å². The van der Waals surface area contributed by atoms with Crippen molar-refractivity contribution >= 4 is 15.9 Å². The van der Waals surface area contributed by atoms with Crippen LogP contribution in [0.15, 0.2) is 22.7 Å². The van der Waals surface area contributed by atoms with Crippen LogP contribution in [0, 0.1) is 5.82 Å². The smallest absolute Gasteiger partial charge is 0.123 e. The van der Waals surface area contributed by atoms with Gasteiger partial charge in [0.25, 0.3) is 0 Å². The van der Waals surface area contributed by atoms with E-state index < -0.39 is 0 Å². The van der Waals surface area contributed by atoms with E-state index in [9.17, 15) is 4.39 Å². The van der Waals surface area contributed by atoms with Gasteiger partial charge in [-0.2, -0.15) is 0 Å². The molecule has 108 valence electrons. The molecule has 5 heteroatoms. The summed E-state index contributed by atoms with van der Waals surface area (Å²) in [6.45, 7) is 6.65. The summed E-state index contributed by atoms with van der Waals surface area (Å²) < 4.78 is 20.0. The second kappa shape index (κ2) is 7.33. The van der Waals surface area contributed by atoms with E-state index in [4.69, 9.17) is 10.6 Å². The molecule has 0 bridgehead atoms. The van der Waals surface area contributed by atoms with E-state index in [0.29, 0.717) is 13.0 Å². The number of ether oxygens (including phenoxy) is 1. The predicted molar refractivity (Wildman–Crippen MR) is 79.2 cm³/mol. The van der Waals surface area contributed by atoms with Crippen molar-refractivity contribution in [3.8, 4) is 0 Å². The third kappa shape index (κ3) is 4.24. The molecule has 0 heterocycles. The quantitative estimate of drug-likeness (QED) is 0.595. The second-order valence-corrected chi connectivity index (χ2v) is 5.61. The van der Waals surface area contributed by atoms with Crippen LogP contribution in [0.4, 0.5) is 4.39 Å². The van der Waals surface area contributed by atoms with Crippen LogP contribution in [-0.2, 0) is 11.2 Å². The molecule has 1 rings (SSSR count). The highest BCUT2D eigenvalue weighted by Crippen LogP contribution is 2.26. The van der Waals surface area contributed by atoms with Crippen molar-refractivity contribution in [2.75, 3.05) is 6.61 Å². The first-order chi connectivity index (χ1) is 8.96. The lowest BCUT2D eigenvalue weighted by Gasteiger charge is -2.36. The van der Waals surface area contributed by atoms with E-state index in [1.165, 1.54) is 12.1 Å². The Kier molecular flexibility index (Phi) is 6.39. The molecule has 0 amide bonds. The van der Waals surface area contributed by atoms with E-state index in [0.717, 1.165) is 16.5 Å². The Morgan fingerprint density at radius 1 is 1.47 bits per heavy atom. The maximum absolute atomic E-state index is 13.3. The fraction of sp³-hybridized carbons (Fsp3) is 0.571. The standard InChI is InChI=1S/C14H22BrFN2O/c1-4-14(3,19-5-2)13(18-17)9-10-8-11(16)6-7-12(10)15/h6-8,13,18H,4-5,9,17H2,1-3H3. The minimum Gasteiger partial charge on any atom is -0.374 e. The van der Waals surface area contributed by atoms with Crippen LogP contribution >= 0.6 is 15.9 Å². The minimum absolute atomic E-state index is 0.0875. The first-order valence-electron chi connectivity index (χ1n) is 6.50. The molecular formula is C14H22BrFN2O. The zero-order valence-electron chi connectivity index (χ0n) is 11.7. The number of hydrogen-bond acceptors (Lipinski definition) is 3. The highest BCUT2D eigenvalue weighted by molar-refractivity contribution is 9.10. The van der Waals surface area contributed by atoms with Crippen molar-refractivity contribution in [3.63, 3.8) is 0 Å². The van der Waals surface area contributed by atoms with Crippen molar-refractivity contribution < 1.29 is 9.13 Å². The molecule has 0 aliphatic rings. The van der Waals surface area contributed by atoms with Gasteiger partial charge in [0, 0.05) is 11.1 Å². The number of benzene rings is 1. The normalized spacial score (nSPS) is 16.1. The van der Waals surface area contributed by atoms with Crippen LogP contribution in [0.2, 0.25) is 0 Å². The first-order valence-corrected chi connectivity index (χ1v) is 7.30. The van der Waals surface area contributed by atoms with Crippen LogP contribution in [0.25, 0.3) is 0 Å². The molecule has 1 aromatic carbocycles. The SMILES string of the molecule is CCOC(C)(CC)C(Cc1cc(F)ccc1Br)NN. The minimum atomic E-state index is -0.380. The van der Waals surface area contributed by atoms with E-state index in [1.54, 1.807) is 6.07 Å². The van der Waals surface area contributed by atoms with Gasteiger partial charge in [0.1, 0.15) is 5.82 Å². The molecule has 0 aliphatic heterocycles. The summed E-state index contributed by atoms with van der Waals surface area (Å²) in [5.41, 5.74) is 3.30. The second-order valence-electron chi connectivity index (χ2n) is 4.76. The van der Waals surface area contributed by atoms with E-state index >= 15 is 0 Å². The summed E-state index contributed by atoms with van der Waals surface area (Å²) in [5, 5.41) is 0. The van der Waals surface area contributed by atoms with Gasteiger partial charge in [0.2, 0.25) is 0 Å². The number of nitrogens with one attached hydrogen (secondary N) is 1. The largest absolute Gasteiger partial charge is 0.374 e. The van der Waals surface area contributed by atoms with Crippen molar-refractivity contribution in [2.45, 2.75) is 45.3 Å². The maximum Gasteiger partial charge on any atom is 0.123 e.